The predicted molar refractivity (Wildman–Crippen MR) is 618 cm³/mol. The molecule has 2 aliphatic carbocycles. The normalized spacial score (nSPS) is 15.3. The maximum absolute atomic E-state index is 13.6. The molecule has 0 amide bonds. The van der Waals surface area contributed by atoms with Gasteiger partial charge < -0.3 is 60.5 Å². The minimum absolute atomic E-state index is 0.0228. The van der Waals surface area contributed by atoms with Gasteiger partial charge in [-0.1, -0.05) is 108 Å². The average Bonchev–Trinajstić information content (AvgIpc) is 0.782. The van der Waals surface area contributed by atoms with Crippen molar-refractivity contribution in [2.24, 2.45) is 0 Å². The summed E-state index contributed by atoms with van der Waals surface area (Å²) < 4.78 is 6.83. The van der Waals surface area contributed by atoms with Gasteiger partial charge in [0.05, 0.1) is 0 Å². The summed E-state index contributed by atoms with van der Waals surface area (Å²) in [4.78, 5) is 112. The first-order valence-corrected chi connectivity index (χ1v) is 54.4. The number of anilines is 12. The lowest BCUT2D eigenvalue weighted by molar-refractivity contribution is 0.313. The molecular weight excluding hydrogens is 1950 g/mol. The number of likely N-dealkylation sites (N-methyl/N-ethyl adjacent to an activating group) is 4. The quantitative estimate of drug-likeness (QED) is 0.0438. The summed E-state index contributed by atoms with van der Waals surface area (Å²) in [6.45, 7) is 26.7. The molecule has 6 aliphatic rings. The zero-order chi connectivity index (χ0) is 103. The Bertz CT molecular complexity index is 8120. The van der Waals surface area contributed by atoms with Crippen molar-refractivity contribution in [1.82, 2.24) is 77.7 Å². The fourth-order valence-electron chi connectivity index (χ4n) is 20.0. The first-order valence-electron chi connectivity index (χ1n) is 51.9. The molecule has 32 heteroatoms. The van der Waals surface area contributed by atoms with Gasteiger partial charge in [0.1, 0.15) is 22.6 Å². The molecule has 2 saturated carbocycles. The van der Waals surface area contributed by atoms with Crippen LogP contribution < -0.4 is 63.1 Å². The molecule has 4 aliphatic heterocycles. The molecule has 0 spiro atoms. The topological polar surface area (TPSA) is 265 Å². The molecule has 14 heterocycles. The number of benzene rings is 8. The summed E-state index contributed by atoms with van der Waals surface area (Å²) in [6, 6.07) is 77.7. The predicted octanol–water partition coefficient (Wildman–Crippen LogP) is 22.4. The molecule has 24 rings (SSSR count). The number of rotatable bonds is 24. The molecule has 150 heavy (non-hydrogen) atoms. The van der Waals surface area contributed by atoms with Crippen molar-refractivity contribution < 1.29 is 0 Å². The van der Waals surface area contributed by atoms with Gasteiger partial charge in [-0.25, -0.2) is 19.9 Å². The van der Waals surface area contributed by atoms with Gasteiger partial charge in [-0.2, -0.15) is 19.9 Å². The highest BCUT2D eigenvalue weighted by Crippen LogP contribution is 2.44. The van der Waals surface area contributed by atoms with E-state index in [9.17, 15) is 19.2 Å². The summed E-state index contributed by atoms with van der Waals surface area (Å²) in [5.74, 6) is 3.17. The van der Waals surface area contributed by atoms with Crippen LogP contribution in [-0.4, -0.2) is 211 Å². The first kappa shape index (κ1) is 101. The van der Waals surface area contributed by atoms with E-state index < -0.39 is 0 Å². The van der Waals surface area contributed by atoms with Gasteiger partial charge in [0.15, 0.2) is 0 Å². The maximum Gasteiger partial charge on any atom is 0.260 e. The summed E-state index contributed by atoms with van der Waals surface area (Å²) >= 11 is 16.7. The highest BCUT2D eigenvalue weighted by molar-refractivity contribution is 7.13. The number of aryl methyl sites for hydroxylation is 4. The van der Waals surface area contributed by atoms with Crippen LogP contribution in [0.3, 0.4) is 0 Å². The highest BCUT2D eigenvalue weighted by atomic mass is 35.5. The van der Waals surface area contributed by atoms with Crippen LogP contribution in [0, 0.1) is 0 Å². The number of aromatic nitrogens is 12. The van der Waals surface area contributed by atoms with Gasteiger partial charge in [0, 0.05) is 276 Å². The van der Waals surface area contributed by atoms with Crippen molar-refractivity contribution in [1.29, 1.82) is 0 Å². The van der Waals surface area contributed by atoms with Crippen molar-refractivity contribution in [3.05, 3.63) is 329 Å². The second-order valence-corrected chi connectivity index (χ2v) is 42.0. The van der Waals surface area contributed by atoms with Crippen LogP contribution in [0.2, 0.25) is 10.0 Å². The fourth-order valence-corrected chi connectivity index (χ4v) is 22.0. The minimum atomic E-state index is -0.128. The van der Waals surface area contributed by atoms with Crippen LogP contribution in [0.15, 0.2) is 285 Å². The van der Waals surface area contributed by atoms with Crippen LogP contribution in [0.1, 0.15) is 76.3 Å². The van der Waals surface area contributed by atoms with Crippen LogP contribution in [-0.2, 0) is 26.2 Å². The Hall–Kier alpha value is -14.9. The van der Waals surface area contributed by atoms with Crippen molar-refractivity contribution in [3.8, 4) is 65.4 Å². The van der Waals surface area contributed by atoms with E-state index in [1.165, 1.54) is 64.4 Å². The van der Waals surface area contributed by atoms with Gasteiger partial charge in [0.25, 0.3) is 22.2 Å². The number of piperazine rings is 4. The Morgan fingerprint density at radius 2 is 0.553 bits per heavy atom. The lowest BCUT2D eigenvalue weighted by Gasteiger charge is -2.34. The van der Waals surface area contributed by atoms with E-state index >= 15 is 0 Å². The smallest absolute Gasteiger partial charge is 0.260 e. The van der Waals surface area contributed by atoms with Gasteiger partial charge in [-0.3, -0.25) is 37.4 Å². The van der Waals surface area contributed by atoms with E-state index in [0.29, 0.717) is 122 Å². The van der Waals surface area contributed by atoms with Gasteiger partial charge in [-0.15, -0.1) is 22.7 Å². The highest BCUT2D eigenvalue weighted by Gasteiger charge is 2.29. The van der Waals surface area contributed by atoms with Crippen molar-refractivity contribution in [2.45, 2.75) is 91.4 Å². The van der Waals surface area contributed by atoms with E-state index in [1.54, 1.807) is 65.7 Å². The second-order valence-electron chi connectivity index (χ2n) is 39.3. The Balaban J connectivity index is 0.000000117. The minimum Gasteiger partial charge on any atom is -0.369 e. The molecule has 10 aromatic heterocycles. The van der Waals surface area contributed by atoms with Crippen LogP contribution in [0.5, 0.6) is 0 Å². The average molecular weight is 2080 g/mol. The number of hydrogen-bond donors (Lipinski definition) is 4. The zero-order valence-corrected chi connectivity index (χ0v) is 88.8. The van der Waals surface area contributed by atoms with Crippen molar-refractivity contribution >= 4 is 159 Å². The molecule has 0 radical (unpaired) electrons. The maximum atomic E-state index is 13.6. The number of hydrogen-bond acceptors (Lipinski definition) is 26. The molecule has 0 bridgehead atoms. The molecule has 6 fully saturated rings. The number of halogens is 2. The molecule has 764 valence electrons. The number of nitrogens with zero attached hydrogens (tertiary/aromatic N) is 20. The van der Waals surface area contributed by atoms with Crippen LogP contribution >= 0.6 is 45.9 Å². The zero-order valence-electron chi connectivity index (χ0n) is 85.7. The Labute approximate surface area is 890 Å². The van der Waals surface area contributed by atoms with Crippen LogP contribution in [0.4, 0.5) is 69.3 Å². The monoisotopic (exact) mass is 2070 g/mol. The second kappa shape index (κ2) is 45.3. The van der Waals surface area contributed by atoms with E-state index in [-0.39, 0.29) is 22.2 Å². The third-order valence-electron chi connectivity index (χ3n) is 29.2. The van der Waals surface area contributed by atoms with E-state index in [0.717, 1.165) is 182 Å². The third-order valence-corrected chi connectivity index (χ3v) is 31.7. The largest absolute Gasteiger partial charge is 0.369 e. The summed E-state index contributed by atoms with van der Waals surface area (Å²) in [5, 5.41) is 21.7. The SMILES string of the molecule is CCn1c(=O)c(-c2ccc(-c3cccs3)cc2)cc2cnc(Nc3ccc(N4CCN(C)CC4)cc3)nc21.CCn1c(=O)c(-c2ccc(-c3cccs3)cc2Cl)cc2cnc(Nc3ccc(N4CCN(C)CC4)cc3)nc21.CCn1c(=O)c(-c2ccc(C3CC3)cc2)cc2cnc(Nc3ccc(N4CCN(C)CC4)cc3)nc21.CCn1c(=O)c(-c2ccc(C3CC3)cc2Cl)cc2cnc(Nc3ccc(N4CCN(C)CC4)cc3)nc21. The van der Waals surface area contributed by atoms with E-state index in [4.69, 9.17) is 43.1 Å². The number of fused-ring (bicyclic) bond motifs is 4. The van der Waals surface area contributed by atoms with Gasteiger partial charge in [-0.05, 0) is 283 Å². The van der Waals surface area contributed by atoms with Gasteiger partial charge >= 0.3 is 0 Å². The van der Waals surface area contributed by atoms with Gasteiger partial charge in [0.2, 0.25) is 23.8 Å². The molecule has 0 atom stereocenters. The van der Waals surface area contributed by atoms with E-state index in [2.05, 4.69) is 241 Å². The molecule has 4 N–H and O–H groups in total. The Morgan fingerprint density at radius 3 is 0.847 bits per heavy atom. The lowest BCUT2D eigenvalue weighted by atomic mass is 10.0. The Kier molecular flexibility index (Phi) is 30.5. The molecule has 0 unspecified atom stereocenters. The number of thiophene rings is 2. The molecule has 28 nitrogen and oxygen atoms in total. The summed E-state index contributed by atoms with van der Waals surface area (Å²) in [5.41, 5.74) is 21.2. The van der Waals surface area contributed by atoms with Crippen molar-refractivity contribution in [3.63, 3.8) is 0 Å². The fraction of sp³-hybridized carbons (Fsp3) is 0.288. The van der Waals surface area contributed by atoms with E-state index in [1.807, 2.05) is 136 Å². The molecular formula is C118H122Cl2N24O4S2. The lowest BCUT2D eigenvalue weighted by Crippen LogP contribution is -2.44. The third kappa shape index (κ3) is 22.8. The number of nitrogens with one attached hydrogen (secondary N) is 4. The standard InChI is InChI=1S/C30H29ClN6OS.C30H30N6OS.C29H31ClN6O.C29H32N6O/c1-3-37-28-21(17-25(29(37)38)24-11-6-20(18-26(24)31)27-5-4-16-39-27)19-32-30(34-28)33-22-7-9-23(10-8-22)36-14-12-35(2)13-15-36;1-3-36-28-23(19-26(29(36)37)21-6-8-22(9-7-21)27-5-4-18-38-27)20-31-30(33-28)32-24-10-12-25(13-11-24)35-16-14-34(2)15-17-35;1-3-36-27-21(16-25(28(36)37)24-11-6-20(17-26(24)30)19-4-5-19)18-31-29(33-27)32-22-7-9-23(10-8-22)35-14-12-34(2)13-15-35;1-3-35-27-23(18-26(28(35)36)22-8-6-21(7-9-22)20-4-5-20)19-30-29(32-27)31-24-10-12-25(13-11-24)34-16-14-33(2)15-17-34/h4-11,16-19H,3,12-15H2,1-2H3,(H,32,33,34);4-13,18-20H,3,14-17H2,1-2H3,(H,31,32,33);6-11,16-19H,3-5,12-15H2,1-2H3,(H,31,32,33);6-13,18-20H,3-5,14-17H2,1-2H3,(H,30,31,32). The number of pyridine rings is 4. The Morgan fingerprint density at radius 1 is 0.287 bits per heavy atom. The summed E-state index contributed by atoms with van der Waals surface area (Å²) in [6.07, 6.45) is 12.1. The van der Waals surface area contributed by atoms with Crippen molar-refractivity contribution in [2.75, 3.05) is 174 Å². The van der Waals surface area contributed by atoms with Crippen LogP contribution in [0.25, 0.3) is 110 Å². The summed E-state index contributed by atoms with van der Waals surface area (Å²) in [7, 11) is 8.65. The molecule has 18 aromatic rings. The molecule has 8 aromatic carbocycles. The first-order chi connectivity index (χ1) is 73.2. The molecule has 4 saturated heterocycles.